The first-order chi connectivity index (χ1) is 26.0. The second-order valence-electron chi connectivity index (χ2n) is 15.1. The van der Waals surface area contributed by atoms with Crippen LogP contribution in [0.25, 0.3) is 0 Å². The largest absolute Gasteiger partial charge is 0.455 e. The zero-order valence-electron chi connectivity index (χ0n) is 31.8. The topological polar surface area (TPSA) is 147 Å². The number of amides is 3. The molecule has 2 bridgehead atoms. The Morgan fingerprint density at radius 1 is 1.17 bits per heavy atom. The molecule has 13 nitrogen and oxygen atoms in total. The Bertz CT molecular complexity index is 1480. The highest BCUT2D eigenvalue weighted by Gasteiger charge is 2.77. The van der Waals surface area contributed by atoms with Gasteiger partial charge in [-0.05, 0) is 30.7 Å². The standard InChI is InChI=1S/C40H57BrN4O9/c1-6-8-14-31(47)42-30(25-51-5)34(27-12-10-9-11-13-27)53-39(50)32-33-37(48)45(28(24-46)22-26(3)4)36(40(33)23-29(41)35(32)54-40)38(49)44(15-7-2)17-16-43-18-20-52-21-19-43/h6-7,9-13,26,28-30,32-36,46H,1-2,8,14-25H2,3-5H3,(H,42,47)/t28-,29?,30+,32+,33-,34+,35+,36+,40-/m1/s1. The lowest BCUT2D eigenvalue weighted by molar-refractivity contribution is -0.163. The lowest BCUT2D eigenvalue weighted by Gasteiger charge is -2.40. The van der Waals surface area contributed by atoms with E-state index in [1.807, 2.05) is 44.2 Å². The number of fused-ring (bicyclic) bond motifs is 1. The number of alkyl halides is 1. The van der Waals surface area contributed by atoms with Gasteiger partial charge in [0.15, 0.2) is 0 Å². The molecule has 0 aromatic heterocycles. The predicted octanol–water partition coefficient (Wildman–Crippen LogP) is 2.87. The average Bonchev–Trinajstić information content (AvgIpc) is 3.77. The minimum atomic E-state index is -1.35. The Kier molecular flexibility index (Phi) is 14.9. The van der Waals surface area contributed by atoms with Crippen LogP contribution in [-0.2, 0) is 38.1 Å². The van der Waals surface area contributed by atoms with E-state index < -0.39 is 59.6 Å². The van der Waals surface area contributed by atoms with Crippen LogP contribution in [0.15, 0.2) is 55.6 Å². The number of nitrogens with one attached hydrogen (secondary N) is 1. The monoisotopic (exact) mass is 816 g/mol. The SMILES string of the molecule is C=CCCC(=O)N[C@@H](COC)[C@@H](OC(=O)[C@@H]1[C@H]2O[C@@]3(CC2Br)[C@H](C(=O)N(CC=C)CCN2CCOCC2)N([C@@H](CO)CC(C)C)C(=O)[C@@H]13)c1ccccc1. The summed E-state index contributed by atoms with van der Waals surface area (Å²) >= 11 is 3.76. The fourth-order valence-electron chi connectivity index (χ4n) is 8.66. The molecule has 0 aliphatic carbocycles. The van der Waals surface area contributed by atoms with E-state index in [2.05, 4.69) is 39.3 Å². The number of hydrogen-bond donors (Lipinski definition) is 2. The van der Waals surface area contributed by atoms with Gasteiger partial charge in [-0.3, -0.25) is 24.1 Å². The molecule has 1 spiro atoms. The number of carbonyl (C=O) groups excluding carboxylic acids is 4. The first-order valence-corrected chi connectivity index (χ1v) is 20.0. The maximum absolute atomic E-state index is 15.0. The van der Waals surface area contributed by atoms with Crippen molar-refractivity contribution in [2.45, 2.75) is 80.3 Å². The van der Waals surface area contributed by atoms with Gasteiger partial charge in [-0.25, -0.2) is 0 Å². The van der Waals surface area contributed by atoms with Gasteiger partial charge in [0.25, 0.3) is 0 Å². The highest BCUT2D eigenvalue weighted by Crippen LogP contribution is 2.61. The molecule has 9 atom stereocenters. The van der Waals surface area contributed by atoms with E-state index in [0.717, 1.165) is 13.1 Å². The molecule has 4 fully saturated rings. The molecule has 0 radical (unpaired) electrons. The summed E-state index contributed by atoms with van der Waals surface area (Å²) in [5.74, 6) is -3.65. The number of aliphatic hydroxyl groups excluding tert-OH is 1. The summed E-state index contributed by atoms with van der Waals surface area (Å²) in [7, 11) is 1.50. The summed E-state index contributed by atoms with van der Waals surface area (Å²) in [6, 6.07) is 6.57. The van der Waals surface area contributed by atoms with Crippen molar-refractivity contribution in [1.82, 2.24) is 20.0 Å². The van der Waals surface area contributed by atoms with E-state index in [4.69, 9.17) is 18.9 Å². The lowest BCUT2D eigenvalue weighted by Crippen LogP contribution is -2.59. The van der Waals surface area contributed by atoms with Crippen molar-refractivity contribution >= 4 is 39.6 Å². The van der Waals surface area contributed by atoms with Crippen molar-refractivity contribution in [2.24, 2.45) is 17.8 Å². The molecule has 1 aromatic rings. The van der Waals surface area contributed by atoms with Crippen molar-refractivity contribution in [3.63, 3.8) is 0 Å². The summed E-state index contributed by atoms with van der Waals surface area (Å²) in [5, 5.41) is 13.7. The summed E-state index contributed by atoms with van der Waals surface area (Å²) in [6.45, 7) is 15.3. The summed E-state index contributed by atoms with van der Waals surface area (Å²) < 4.78 is 24.2. The number of rotatable bonds is 20. The number of hydrogen-bond acceptors (Lipinski definition) is 10. The van der Waals surface area contributed by atoms with Gasteiger partial charge in [0.1, 0.15) is 17.7 Å². The molecule has 4 aliphatic rings. The Labute approximate surface area is 327 Å². The zero-order valence-corrected chi connectivity index (χ0v) is 33.4. The number of allylic oxidation sites excluding steroid dienone is 1. The lowest BCUT2D eigenvalue weighted by atomic mass is 9.70. The van der Waals surface area contributed by atoms with E-state index in [-0.39, 0.29) is 48.7 Å². The molecule has 5 rings (SSSR count). The van der Waals surface area contributed by atoms with Crippen LogP contribution < -0.4 is 5.32 Å². The van der Waals surface area contributed by atoms with Crippen molar-refractivity contribution < 1.29 is 43.2 Å². The normalized spacial score (nSPS) is 28.0. The highest BCUT2D eigenvalue weighted by molar-refractivity contribution is 9.09. The van der Waals surface area contributed by atoms with Crippen LogP contribution in [0.3, 0.4) is 0 Å². The summed E-state index contributed by atoms with van der Waals surface area (Å²) in [6.07, 6.45) is 3.03. The van der Waals surface area contributed by atoms with Crippen molar-refractivity contribution in [3.8, 4) is 0 Å². The molecule has 14 heteroatoms. The molecular formula is C40H57BrN4O9. The number of nitrogens with zero attached hydrogens (tertiary/aromatic N) is 3. The van der Waals surface area contributed by atoms with Crippen LogP contribution in [0.5, 0.6) is 0 Å². The van der Waals surface area contributed by atoms with Gasteiger partial charge in [0.2, 0.25) is 17.7 Å². The van der Waals surface area contributed by atoms with Gasteiger partial charge >= 0.3 is 5.97 Å². The van der Waals surface area contributed by atoms with Crippen LogP contribution in [0.4, 0.5) is 0 Å². The molecule has 0 saturated carbocycles. The number of benzene rings is 1. The number of aliphatic hydroxyl groups is 1. The van der Waals surface area contributed by atoms with Crippen molar-refractivity contribution in [2.75, 3.05) is 66.3 Å². The van der Waals surface area contributed by atoms with Crippen LogP contribution in [-0.4, -0.2) is 144 Å². The molecule has 4 saturated heterocycles. The number of halogens is 1. The third-order valence-electron chi connectivity index (χ3n) is 11.0. The van der Waals surface area contributed by atoms with Crippen LogP contribution in [0.1, 0.15) is 51.2 Å². The number of likely N-dealkylation sites (tertiary alicyclic amines) is 1. The first kappa shape index (κ1) is 42.0. The third kappa shape index (κ3) is 8.94. The molecule has 298 valence electrons. The summed E-state index contributed by atoms with van der Waals surface area (Å²) in [5.41, 5.74) is -0.719. The van der Waals surface area contributed by atoms with Crippen molar-refractivity contribution in [3.05, 3.63) is 61.2 Å². The van der Waals surface area contributed by atoms with E-state index in [0.29, 0.717) is 51.1 Å². The Balaban J connectivity index is 1.51. The van der Waals surface area contributed by atoms with E-state index in [9.17, 15) is 24.3 Å². The zero-order chi connectivity index (χ0) is 39.0. The van der Waals surface area contributed by atoms with Crippen molar-refractivity contribution in [1.29, 1.82) is 0 Å². The Morgan fingerprint density at radius 2 is 1.89 bits per heavy atom. The predicted molar refractivity (Wildman–Crippen MR) is 205 cm³/mol. The number of esters is 1. The van der Waals surface area contributed by atoms with Gasteiger partial charge < -0.3 is 39.2 Å². The van der Waals surface area contributed by atoms with Gasteiger partial charge in [-0.1, -0.05) is 72.3 Å². The van der Waals surface area contributed by atoms with Gasteiger partial charge in [0.05, 0.1) is 56.5 Å². The maximum atomic E-state index is 15.0. The molecule has 1 aromatic carbocycles. The van der Waals surface area contributed by atoms with E-state index >= 15 is 0 Å². The summed E-state index contributed by atoms with van der Waals surface area (Å²) in [4.78, 5) is 62.6. The molecule has 4 aliphatic heterocycles. The third-order valence-corrected chi connectivity index (χ3v) is 11.9. The molecule has 54 heavy (non-hydrogen) atoms. The second kappa shape index (κ2) is 19.1. The highest BCUT2D eigenvalue weighted by atomic mass is 79.9. The Morgan fingerprint density at radius 3 is 2.52 bits per heavy atom. The first-order valence-electron chi connectivity index (χ1n) is 19.1. The van der Waals surface area contributed by atoms with Crippen LogP contribution >= 0.6 is 15.9 Å². The quantitative estimate of drug-likeness (QED) is 0.115. The molecular weight excluding hydrogens is 760 g/mol. The number of methoxy groups -OCH3 is 1. The molecule has 2 N–H and O–H groups in total. The van der Waals surface area contributed by atoms with Gasteiger partial charge in [0, 0.05) is 51.1 Å². The minimum Gasteiger partial charge on any atom is -0.455 e. The van der Waals surface area contributed by atoms with E-state index in [1.165, 1.54) is 12.0 Å². The van der Waals surface area contributed by atoms with Gasteiger partial charge in [-0.2, -0.15) is 0 Å². The van der Waals surface area contributed by atoms with E-state index in [1.54, 1.807) is 17.1 Å². The molecule has 1 unspecified atom stereocenters. The van der Waals surface area contributed by atoms with Crippen LogP contribution in [0, 0.1) is 17.8 Å². The Hall–Kier alpha value is -3.14. The fourth-order valence-corrected chi connectivity index (χ4v) is 9.60. The van der Waals surface area contributed by atoms with Gasteiger partial charge in [-0.15, -0.1) is 13.2 Å². The molecule has 4 heterocycles. The maximum Gasteiger partial charge on any atom is 0.313 e. The number of ether oxygens (including phenoxy) is 4. The number of morpholine rings is 1. The van der Waals surface area contributed by atoms with Crippen LogP contribution in [0.2, 0.25) is 0 Å². The molecule has 3 amide bonds. The number of carbonyl (C=O) groups is 4. The minimum absolute atomic E-state index is 0.0476. The average molecular weight is 818 g/mol. The smallest absolute Gasteiger partial charge is 0.313 e. The fraction of sp³-hybridized carbons (Fsp3) is 0.650. The second-order valence-corrected chi connectivity index (χ2v) is 16.3.